The number of β-amino-alcohol motifs (C(OH)–C–C–N with tert-alkyl or cyclic N) is 1. The van der Waals surface area contributed by atoms with Gasteiger partial charge in [-0.25, -0.2) is 0 Å². The number of ether oxygens (including phenoxy) is 1. The van der Waals surface area contributed by atoms with Crippen molar-refractivity contribution in [1.82, 2.24) is 14.8 Å². The first-order valence-electron chi connectivity index (χ1n) is 8.28. The third-order valence-electron chi connectivity index (χ3n) is 3.97. The molecule has 22 heavy (non-hydrogen) atoms. The second-order valence-corrected chi connectivity index (χ2v) is 6.25. The molecule has 1 aliphatic heterocycles. The molecule has 0 saturated carbocycles. The van der Waals surface area contributed by atoms with Gasteiger partial charge in [0.25, 0.3) is 0 Å². The van der Waals surface area contributed by atoms with E-state index in [0.29, 0.717) is 13.2 Å². The standard InChI is InChI=1S/C17H29N3O2/c1-15(2)22-14-17(21)13-20-11-9-19(10-12-20)8-6-16-5-3-4-7-18-16/h3-5,7,15,17,21H,6,8-14H2,1-2H3/t17-/m1/s1. The highest BCUT2D eigenvalue weighted by Gasteiger charge is 2.19. The molecule has 5 heteroatoms. The molecule has 1 atom stereocenters. The summed E-state index contributed by atoms with van der Waals surface area (Å²) in [4.78, 5) is 9.17. The molecule has 0 aliphatic carbocycles. The first kappa shape index (κ1) is 17.3. The third-order valence-corrected chi connectivity index (χ3v) is 3.97. The summed E-state index contributed by atoms with van der Waals surface area (Å²) in [5.41, 5.74) is 1.16. The zero-order valence-electron chi connectivity index (χ0n) is 13.8. The van der Waals surface area contributed by atoms with Gasteiger partial charge in [0.2, 0.25) is 0 Å². The van der Waals surface area contributed by atoms with Crippen molar-refractivity contribution < 1.29 is 9.84 Å². The molecule has 0 unspecified atom stereocenters. The van der Waals surface area contributed by atoms with E-state index < -0.39 is 0 Å². The minimum Gasteiger partial charge on any atom is -0.389 e. The zero-order chi connectivity index (χ0) is 15.8. The second-order valence-electron chi connectivity index (χ2n) is 6.25. The fraction of sp³-hybridized carbons (Fsp3) is 0.706. The third kappa shape index (κ3) is 6.40. The lowest BCUT2D eigenvalue weighted by Crippen LogP contribution is -2.49. The summed E-state index contributed by atoms with van der Waals surface area (Å²) in [6, 6.07) is 6.08. The van der Waals surface area contributed by atoms with Gasteiger partial charge in [-0.2, -0.15) is 0 Å². The lowest BCUT2D eigenvalue weighted by atomic mass is 10.2. The zero-order valence-corrected chi connectivity index (χ0v) is 13.8. The first-order valence-corrected chi connectivity index (χ1v) is 8.28. The van der Waals surface area contributed by atoms with E-state index in [1.807, 2.05) is 32.2 Å². The SMILES string of the molecule is CC(C)OC[C@H](O)CN1CCN(CCc2ccccn2)CC1. The first-order chi connectivity index (χ1) is 10.6. The Labute approximate surface area is 133 Å². The van der Waals surface area contributed by atoms with E-state index in [9.17, 15) is 5.11 Å². The van der Waals surface area contributed by atoms with E-state index in [2.05, 4.69) is 20.9 Å². The Morgan fingerprint density at radius 3 is 2.55 bits per heavy atom. The molecule has 1 aliphatic rings. The van der Waals surface area contributed by atoms with Gasteiger partial charge in [-0.15, -0.1) is 0 Å². The maximum absolute atomic E-state index is 9.98. The number of pyridine rings is 1. The molecule has 0 spiro atoms. The van der Waals surface area contributed by atoms with Gasteiger partial charge in [0.05, 0.1) is 18.8 Å². The Hall–Kier alpha value is -1.01. The van der Waals surface area contributed by atoms with Gasteiger partial charge < -0.3 is 14.7 Å². The van der Waals surface area contributed by atoms with Crippen LogP contribution in [0, 0.1) is 0 Å². The number of nitrogens with zero attached hydrogens (tertiary/aromatic N) is 3. The van der Waals surface area contributed by atoms with Gasteiger partial charge in [-0.1, -0.05) is 6.07 Å². The highest BCUT2D eigenvalue weighted by molar-refractivity contribution is 5.03. The number of hydrogen-bond donors (Lipinski definition) is 1. The van der Waals surface area contributed by atoms with E-state index in [4.69, 9.17) is 4.74 Å². The molecule has 0 radical (unpaired) electrons. The Balaban J connectivity index is 1.61. The molecule has 2 rings (SSSR count). The van der Waals surface area contributed by atoms with Crippen molar-refractivity contribution in [2.75, 3.05) is 45.9 Å². The van der Waals surface area contributed by atoms with Gasteiger partial charge in [0, 0.05) is 57.6 Å². The van der Waals surface area contributed by atoms with Gasteiger partial charge in [0.15, 0.2) is 0 Å². The van der Waals surface area contributed by atoms with E-state index in [1.165, 1.54) is 0 Å². The molecule has 0 amide bonds. The molecule has 1 aromatic heterocycles. The molecule has 5 nitrogen and oxygen atoms in total. The Kier molecular flexibility index (Phi) is 7.25. The molecular weight excluding hydrogens is 278 g/mol. The van der Waals surface area contributed by atoms with Crippen LogP contribution in [0.4, 0.5) is 0 Å². The molecule has 1 fully saturated rings. The van der Waals surface area contributed by atoms with E-state index in [0.717, 1.165) is 44.8 Å². The van der Waals surface area contributed by atoms with Crippen LogP contribution in [0.5, 0.6) is 0 Å². The van der Waals surface area contributed by atoms with E-state index >= 15 is 0 Å². The van der Waals surface area contributed by atoms with Crippen LogP contribution in [0.25, 0.3) is 0 Å². The Morgan fingerprint density at radius 1 is 1.18 bits per heavy atom. The average molecular weight is 307 g/mol. The van der Waals surface area contributed by atoms with E-state index in [1.54, 1.807) is 0 Å². The highest BCUT2D eigenvalue weighted by Crippen LogP contribution is 2.05. The van der Waals surface area contributed by atoms with Crippen molar-refractivity contribution in [3.05, 3.63) is 30.1 Å². The Bertz CT molecular complexity index is 406. The summed E-state index contributed by atoms with van der Waals surface area (Å²) in [6.45, 7) is 10.3. The van der Waals surface area contributed by atoms with E-state index in [-0.39, 0.29) is 12.2 Å². The normalized spacial score (nSPS) is 18.7. The maximum atomic E-state index is 9.98. The van der Waals surface area contributed by atoms with Crippen LogP contribution in [-0.4, -0.2) is 78.0 Å². The number of aliphatic hydroxyl groups is 1. The number of aromatic nitrogens is 1. The van der Waals surface area contributed by atoms with Crippen LogP contribution in [0.3, 0.4) is 0 Å². The number of piperazine rings is 1. The molecular formula is C17H29N3O2. The second kappa shape index (κ2) is 9.20. The lowest BCUT2D eigenvalue weighted by Gasteiger charge is -2.35. The van der Waals surface area contributed by atoms with Crippen molar-refractivity contribution in [3.8, 4) is 0 Å². The minimum atomic E-state index is -0.387. The van der Waals surface area contributed by atoms with Crippen LogP contribution in [0.1, 0.15) is 19.5 Å². The van der Waals surface area contributed by atoms with Crippen LogP contribution in [-0.2, 0) is 11.2 Å². The fourth-order valence-corrected chi connectivity index (χ4v) is 2.67. The van der Waals surface area contributed by atoms with Crippen molar-refractivity contribution in [3.63, 3.8) is 0 Å². The van der Waals surface area contributed by atoms with Crippen molar-refractivity contribution in [2.45, 2.75) is 32.5 Å². The predicted molar refractivity (Wildman–Crippen MR) is 87.9 cm³/mol. The monoisotopic (exact) mass is 307 g/mol. The van der Waals surface area contributed by atoms with Crippen molar-refractivity contribution >= 4 is 0 Å². The molecule has 124 valence electrons. The summed E-state index contributed by atoms with van der Waals surface area (Å²) in [5.74, 6) is 0. The molecule has 1 N–H and O–H groups in total. The smallest absolute Gasteiger partial charge is 0.0900 e. The number of aliphatic hydroxyl groups excluding tert-OH is 1. The van der Waals surface area contributed by atoms with Gasteiger partial charge in [-0.3, -0.25) is 9.88 Å². The van der Waals surface area contributed by atoms with Crippen molar-refractivity contribution in [2.24, 2.45) is 0 Å². The van der Waals surface area contributed by atoms with Crippen LogP contribution >= 0.6 is 0 Å². The van der Waals surface area contributed by atoms with Gasteiger partial charge in [-0.05, 0) is 26.0 Å². The summed E-state index contributed by atoms with van der Waals surface area (Å²) < 4.78 is 5.46. The van der Waals surface area contributed by atoms with Crippen molar-refractivity contribution in [1.29, 1.82) is 0 Å². The fourth-order valence-electron chi connectivity index (χ4n) is 2.67. The quantitative estimate of drug-likeness (QED) is 0.777. The Morgan fingerprint density at radius 2 is 1.91 bits per heavy atom. The van der Waals surface area contributed by atoms with Crippen LogP contribution in [0.15, 0.2) is 24.4 Å². The van der Waals surface area contributed by atoms with Crippen LogP contribution in [0.2, 0.25) is 0 Å². The van der Waals surface area contributed by atoms with Gasteiger partial charge in [0.1, 0.15) is 0 Å². The number of hydrogen-bond acceptors (Lipinski definition) is 5. The molecule has 0 aromatic carbocycles. The lowest BCUT2D eigenvalue weighted by molar-refractivity contribution is -0.0144. The summed E-state index contributed by atoms with van der Waals surface area (Å²) >= 11 is 0. The largest absolute Gasteiger partial charge is 0.389 e. The molecule has 1 aromatic rings. The predicted octanol–water partition coefficient (Wildman–Crippen LogP) is 1.03. The number of rotatable bonds is 8. The maximum Gasteiger partial charge on any atom is 0.0900 e. The van der Waals surface area contributed by atoms with Crippen LogP contribution < -0.4 is 0 Å². The summed E-state index contributed by atoms with van der Waals surface area (Å²) in [7, 11) is 0. The minimum absolute atomic E-state index is 0.179. The molecule has 0 bridgehead atoms. The molecule has 1 saturated heterocycles. The highest BCUT2D eigenvalue weighted by atomic mass is 16.5. The van der Waals surface area contributed by atoms with Gasteiger partial charge >= 0.3 is 0 Å². The molecule has 2 heterocycles. The summed E-state index contributed by atoms with van der Waals surface area (Å²) in [6.07, 6.45) is 2.65. The average Bonchev–Trinajstić information content (AvgIpc) is 2.53. The topological polar surface area (TPSA) is 48.8 Å². The summed E-state index contributed by atoms with van der Waals surface area (Å²) in [5, 5.41) is 9.98.